The van der Waals surface area contributed by atoms with E-state index < -0.39 is 5.92 Å². The maximum Gasteiger partial charge on any atom is 0.316 e. The van der Waals surface area contributed by atoms with Crippen LogP contribution in [-0.2, 0) is 14.3 Å². The Morgan fingerprint density at radius 2 is 1.40 bits per heavy atom. The Balaban J connectivity index is 2.47. The zero-order valence-corrected chi connectivity index (χ0v) is 16.3. The number of allylic oxidation sites excluding steroid dienone is 2. The number of rotatable bonds is 2. The van der Waals surface area contributed by atoms with Crippen molar-refractivity contribution >= 4 is 11.8 Å². The summed E-state index contributed by atoms with van der Waals surface area (Å²) in [7, 11) is 0. The smallest absolute Gasteiger partial charge is 0.316 e. The van der Waals surface area contributed by atoms with Gasteiger partial charge in [-0.1, -0.05) is 63.5 Å². The highest BCUT2D eigenvalue weighted by Crippen LogP contribution is 2.19. The summed E-state index contributed by atoms with van der Waals surface area (Å²) in [6, 6.07) is 0. The summed E-state index contributed by atoms with van der Waals surface area (Å²) in [6.45, 7) is 2.16. The number of Topliss-reactive ketones (excluding diaryl/α,β-unsaturated/α-hetero) is 1. The Labute approximate surface area is 154 Å². The molecule has 0 fully saturated rings. The Bertz CT molecular complexity index is 387. The van der Waals surface area contributed by atoms with Crippen LogP contribution in [0.5, 0.6) is 0 Å². The van der Waals surface area contributed by atoms with Crippen LogP contribution in [0.25, 0.3) is 0 Å². The maximum atomic E-state index is 12.5. The lowest BCUT2D eigenvalue weighted by atomic mass is 9.93. The first-order valence-electron chi connectivity index (χ1n) is 10.6. The van der Waals surface area contributed by atoms with E-state index in [1.54, 1.807) is 6.92 Å². The SMILES string of the molecule is CCOC(=O)C1CCCCCCCC=CCCCCCCCCC1=O. The lowest BCUT2D eigenvalue weighted by Crippen LogP contribution is -2.26. The molecule has 0 N–H and O–H groups in total. The predicted molar refractivity (Wildman–Crippen MR) is 104 cm³/mol. The molecular weight excluding hydrogens is 312 g/mol. The molecule has 1 atom stereocenters. The van der Waals surface area contributed by atoms with E-state index in [4.69, 9.17) is 4.74 Å². The second kappa shape index (κ2) is 15.2. The molecule has 0 saturated carbocycles. The van der Waals surface area contributed by atoms with Gasteiger partial charge in [-0.15, -0.1) is 0 Å². The number of ketones is 1. The molecule has 3 heteroatoms. The van der Waals surface area contributed by atoms with E-state index in [0.717, 1.165) is 25.7 Å². The van der Waals surface area contributed by atoms with Gasteiger partial charge >= 0.3 is 5.97 Å². The third-order valence-corrected chi connectivity index (χ3v) is 5.03. The molecule has 1 unspecified atom stereocenters. The van der Waals surface area contributed by atoms with E-state index in [0.29, 0.717) is 19.4 Å². The van der Waals surface area contributed by atoms with Crippen molar-refractivity contribution in [2.24, 2.45) is 5.92 Å². The third kappa shape index (κ3) is 11.2. The minimum atomic E-state index is -0.523. The molecule has 1 rings (SSSR count). The van der Waals surface area contributed by atoms with E-state index in [1.165, 1.54) is 57.8 Å². The van der Waals surface area contributed by atoms with Gasteiger partial charge < -0.3 is 4.74 Å². The van der Waals surface area contributed by atoms with Crippen LogP contribution in [0.15, 0.2) is 12.2 Å². The average molecular weight is 351 g/mol. The molecule has 0 bridgehead atoms. The number of hydrogen-bond donors (Lipinski definition) is 0. The summed E-state index contributed by atoms with van der Waals surface area (Å²) in [5.74, 6) is -0.728. The molecule has 1 aliphatic carbocycles. The number of hydrogen-bond acceptors (Lipinski definition) is 3. The molecule has 0 amide bonds. The molecule has 0 aromatic heterocycles. The summed E-state index contributed by atoms with van der Waals surface area (Å²) in [4.78, 5) is 24.6. The molecule has 0 radical (unpaired) electrons. The van der Waals surface area contributed by atoms with Gasteiger partial charge in [0, 0.05) is 6.42 Å². The van der Waals surface area contributed by atoms with Crippen LogP contribution in [0.3, 0.4) is 0 Å². The Hall–Kier alpha value is -1.12. The van der Waals surface area contributed by atoms with E-state index >= 15 is 0 Å². The minimum absolute atomic E-state index is 0.0977. The zero-order valence-electron chi connectivity index (χ0n) is 16.3. The summed E-state index contributed by atoms with van der Waals surface area (Å²) >= 11 is 0. The van der Waals surface area contributed by atoms with Crippen LogP contribution in [-0.4, -0.2) is 18.4 Å². The molecular formula is C22H38O3. The number of carbonyl (C=O) groups is 2. The van der Waals surface area contributed by atoms with Gasteiger partial charge in [0.25, 0.3) is 0 Å². The second-order valence-corrected chi connectivity index (χ2v) is 7.25. The van der Waals surface area contributed by atoms with Crippen molar-refractivity contribution in [1.29, 1.82) is 0 Å². The quantitative estimate of drug-likeness (QED) is 0.340. The average Bonchev–Trinajstić information content (AvgIpc) is 2.60. The van der Waals surface area contributed by atoms with Crippen LogP contribution in [0, 0.1) is 5.92 Å². The lowest BCUT2D eigenvalue weighted by molar-refractivity contribution is -0.152. The third-order valence-electron chi connectivity index (χ3n) is 5.03. The molecule has 1 aliphatic rings. The number of ether oxygens (including phenoxy) is 1. The first-order chi connectivity index (χ1) is 12.3. The maximum absolute atomic E-state index is 12.5. The van der Waals surface area contributed by atoms with Crippen LogP contribution in [0.1, 0.15) is 103 Å². The van der Waals surface area contributed by atoms with Crippen LogP contribution >= 0.6 is 0 Å². The van der Waals surface area contributed by atoms with Crippen LogP contribution in [0.2, 0.25) is 0 Å². The molecule has 0 aromatic carbocycles. The van der Waals surface area contributed by atoms with Crippen molar-refractivity contribution in [3.8, 4) is 0 Å². The summed E-state index contributed by atoms with van der Waals surface area (Å²) in [6.07, 6.45) is 21.0. The normalized spacial score (nSPS) is 23.2. The largest absolute Gasteiger partial charge is 0.465 e. The summed E-state index contributed by atoms with van der Waals surface area (Å²) in [5.41, 5.74) is 0. The lowest BCUT2D eigenvalue weighted by Gasteiger charge is -2.14. The molecule has 0 spiro atoms. The van der Waals surface area contributed by atoms with Crippen molar-refractivity contribution in [1.82, 2.24) is 0 Å². The summed E-state index contributed by atoms with van der Waals surface area (Å²) < 4.78 is 5.13. The fourth-order valence-corrected chi connectivity index (χ4v) is 3.47. The van der Waals surface area contributed by atoms with Gasteiger partial charge in [-0.3, -0.25) is 9.59 Å². The van der Waals surface area contributed by atoms with E-state index in [1.807, 2.05) is 0 Å². The van der Waals surface area contributed by atoms with E-state index in [9.17, 15) is 9.59 Å². The Morgan fingerprint density at radius 1 is 0.880 bits per heavy atom. The highest BCUT2D eigenvalue weighted by atomic mass is 16.5. The monoisotopic (exact) mass is 350 g/mol. The summed E-state index contributed by atoms with van der Waals surface area (Å²) in [5, 5.41) is 0. The van der Waals surface area contributed by atoms with Gasteiger partial charge in [0.2, 0.25) is 0 Å². The van der Waals surface area contributed by atoms with E-state index in [-0.39, 0.29) is 11.8 Å². The highest BCUT2D eigenvalue weighted by Gasteiger charge is 2.26. The second-order valence-electron chi connectivity index (χ2n) is 7.25. The Kier molecular flexibility index (Phi) is 13.3. The van der Waals surface area contributed by atoms with Gasteiger partial charge in [-0.2, -0.15) is 0 Å². The molecule has 0 saturated heterocycles. The standard InChI is InChI=1S/C22H38O3/c1-2-25-22(24)20-18-16-14-12-10-8-6-4-3-5-7-9-11-13-15-17-19-21(20)23/h3-4,20H,2,5-19H2,1H3. The van der Waals surface area contributed by atoms with Gasteiger partial charge in [-0.25, -0.2) is 0 Å². The van der Waals surface area contributed by atoms with Gasteiger partial charge in [0.1, 0.15) is 11.7 Å². The zero-order chi connectivity index (χ0) is 18.2. The topological polar surface area (TPSA) is 43.4 Å². The van der Waals surface area contributed by atoms with Crippen molar-refractivity contribution in [2.45, 2.75) is 103 Å². The predicted octanol–water partition coefficient (Wildman–Crippen LogP) is 6.16. The molecule has 25 heavy (non-hydrogen) atoms. The van der Waals surface area contributed by atoms with E-state index in [2.05, 4.69) is 12.2 Å². The van der Waals surface area contributed by atoms with Crippen molar-refractivity contribution < 1.29 is 14.3 Å². The highest BCUT2D eigenvalue weighted by molar-refractivity contribution is 5.98. The molecule has 0 aromatic rings. The first-order valence-corrected chi connectivity index (χ1v) is 10.6. The Morgan fingerprint density at radius 3 is 2.00 bits per heavy atom. The van der Waals surface area contributed by atoms with Gasteiger partial charge in [0.15, 0.2) is 0 Å². The minimum Gasteiger partial charge on any atom is -0.465 e. The fourth-order valence-electron chi connectivity index (χ4n) is 3.47. The van der Waals surface area contributed by atoms with Crippen molar-refractivity contribution in [3.63, 3.8) is 0 Å². The molecule has 0 aliphatic heterocycles. The van der Waals surface area contributed by atoms with Crippen molar-refractivity contribution in [3.05, 3.63) is 12.2 Å². The first kappa shape index (κ1) is 21.9. The van der Waals surface area contributed by atoms with Crippen LogP contribution in [0.4, 0.5) is 0 Å². The number of carbonyl (C=O) groups excluding carboxylic acids is 2. The van der Waals surface area contributed by atoms with Gasteiger partial charge in [-0.05, 0) is 45.4 Å². The number of esters is 1. The molecule has 0 heterocycles. The molecule has 3 nitrogen and oxygen atoms in total. The molecule has 144 valence electrons. The van der Waals surface area contributed by atoms with Gasteiger partial charge in [0.05, 0.1) is 6.61 Å². The van der Waals surface area contributed by atoms with Crippen molar-refractivity contribution in [2.75, 3.05) is 6.61 Å². The van der Waals surface area contributed by atoms with Crippen LogP contribution < -0.4 is 0 Å². The fraction of sp³-hybridized carbons (Fsp3) is 0.818.